The Bertz CT molecular complexity index is 159. The van der Waals surface area contributed by atoms with Gasteiger partial charge < -0.3 is 9.64 Å². The number of ketones is 1. The molecule has 1 heterocycles. The third-order valence-electron chi connectivity index (χ3n) is 2.16. The maximum atomic E-state index is 10.6. The van der Waals surface area contributed by atoms with Crippen LogP contribution in [-0.2, 0) is 9.53 Å². The van der Waals surface area contributed by atoms with E-state index in [2.05, 4.69) is 11.9 Å². The summed E-state index contributed by atoms with van der Waals surface area (Å²) in [6, 6.07) is 0. The van der Waals surface area contributed by atoms with Gasteiger partial charge in [0.05, 0.1) is 12.7 Å². The van der Waals surface area contributed by atoms with E-state index in [0.29, 0.717) is 19.1 Å². The van der Waals surface area contributed by atoms with Gasteiger partial charge >= 0.3 is 0 Å². The number of hydrogen-bond donors (Lipinski definition) is 0. The van der Waals surface area contributed by atoms with Gasteiger partial charge in [-0.1, -0.05) is 13.8 Å². The molecule has 0 N–H and O–H groups in total. The van der Waals surface area contributed by atoms with Gasteiger partial charge in [-0.15, -0.1) is 0 Å². The van der Waals surface area contributed by atoms with E-state index in [1.807, 2.05) is 13.8 Å². The molecule has 3 heteroatoms. The molecule has 0 aromatic rings. The van der Waals surface area contributed by atoms with Crippen LogP contribution in [0.3, 0.4) is 0 Å². The number of nitrogens with zero attached hydrogens (tertiary/aromatic N) is 1. The number of ether oxygens (including phenoxy) is 1. The van der Waals surface area contributed by atoms with Crippen LogP contribution in [0.1, 0.15) is 33.6 Å². The Balaban J connectivity index is 0.000000791. The van der Waals surface area contributed by atoms with Crippen molar-refractivity contribution in [3.8, 4) is 0 Å². The Morgan fingerprint density at radius 3 is 2.57 bits per heavy atom. The third-order valence-corrected chi connectivity index (χ3v) is 2.16. The van der Waals surface area contributed by atoms with Crippen molar-refractivity contribution in [2.75, 3.05) is 26.7 Å². The summed E-state index contributed by atoms with van der Waals surface area (Å²) < 4.78 is 5.52. The Labute approximate surface area is 87.4 Å². The monoisotopic (exact) mass is 201 g/mol. The van der Waals surface area contributed by atoms with Crippen molar-refractivity contribution >= 4 is 5.78 Å². The van der Waals surface area contributed by atoms with E-state index in [1.54, 1.807) is 6.92 Å². The molecule has 1 aliphatic rings. The van der Waals surface area contributed by atoms with E-state index in [1.165, 1.54) is 0 Å². The number of likely N-dealkylation sites (tertiary alicyclic amines) is 1. The highest BCUT2D eigenvalue weighted by Gasteiger charge is 2.19. The number of Topliss-reactive ketones (excluding diaryl/α,β-unsaturated/α-hetero) is 1. The fourth-order valence-corrected chi connectivity index (χ4v) is 1.40. The number of hydrogen-bond acceptors (Lipinski definition) is 3. The lowest BCUT2D eigenvalue weighted by Gasteiger charge is -2.10. The molecule has 0 bridgehead atoms. The lowest BCUT2D eigenvalue weighted by atomic mass is 10.3. The lowest BCUT2D eigenvalue weighted by molar-refractivity contribution is -0.118. The molecular formula is C11H23NO2. The summed E-state index contributed by atoms with van der Waals surface area (Å²) in [4.78, 5) is 12.8. The first-order valence-electron chi connectivity index (χ1n) is 5.48. The standard InChI is InChI=1S/C9H17NO2.C2H6/c1-8(11)4-6-12-9-3-5-10(2)7-9;1-2/h9H,3-7H2,1-2H3;1-2H3. The first-order chi connectivity index (χ1) is 6.68. The van der Waals surface area contributed by atoms with Crippen LogP contribution in [0.2, 0.25) is 0 Å². The molecule has 1 unspecified atom stereocenters. The topological polar surface area (TPSA) is 29.5 Å². The second kappa shape index (κ2) is 7.94. The molecule has 1 fully saturated rings. The molecule has 0 aromatic carbocycles. The lowest BCUT2D eigenvalue weighted by Crippen LogP contribution is -2.20. The van der Waals surface area contributed by atoms with E-state index >= 15 is 0 Å². The molecule has 1 aliphatic heterocycles. The zero-order valence-electron chi connectivity index (χ0n) is 9.88. The normalized spacial score (nSPS) is 21.6. The average Bonchev–Trinajstić information content (AvgIpc) is 2.54. The molecule has 3 nitrogen and oxygen atoms in total. The minimum atomic E-state index is 0.210. The summed E-state index contributed by atoms with van der Waals surface area (Å²) in [6.45, 7) is 8.32. The predicted octanol–water partition coefficient (Wildman–Crippen LogP) is 1.71. The van der Waals surface area contributed by atoms with Crippen LogP contribution in [-0.4, -0.2) is 43.5 Å². The van der Waals surface area contributed by atoms with Gasteiger partial charge in [0, 0.05) is 19.5 Å². The molecule has 1 saturated heterocycles. The molecule has 1 atom stereocenters. The van der Waals surface area contributed by atoms with E-state index in [0.717, 1.165) is 19.5 Å². The minimum Gasteiger partial charge on any atom is -0.376 e. The van der Waals surface area contributed by atoms with Gasteiger partial charge in [0.2, 0.25) is 0 Å². The second-order valence-corrected chi connectivity index (χ2v) is 3.50. The number of rotatable bonds is 4. The molecule has 84 valence electrons. The molecule has 0 aromatic heterocycles. The maximum Gasteiger partial charge on any atom is 0.132 e. The smallest absolute Gasteiger partial charge is 0.132 e. The summed E-state index contributed by atoms with van der Waals surface area (Å²) >= 11 is 0. The first-order valence-corrected chi connectivity index (χ1v) is 5.48. The van der Waals surface area contributed by atoms with Crippen molar-refractivity contribution in [2.24, 2.45) is 0 Å². The van der Waals surface area contributed by atoms with Gasteiger partial charge in [-0.3, -0.25) is 4.79 Å². The van der Waals surface area contributed by atoms with E-state index in [9.17, 15) is 4.79 Å². The summed E-state index contributed by atoms with van der Waals surface area (Å²) in [5.74, 6) is 0.210. The number of likely N-dealkylation sites (N-methyl/N-ethyl adjacent to an activating group) is 1. The summed E-state index contributed by atoms with van der Waals surface area (Å²) in [7, 11) is 2.09. The van der Waals surface area contributed by atoms with Crippen molar-refractivity contribution in [3.63, 3.8) is 0 Å². The highest BCUT2D eigenvalue weighted by Crippen LogP contribution is 2.10. The average molecular weight is 201 g/mol. The molecule has 0 spiro atoms. The Morgan fingerprint density at radius 1 is 1.50 bits per heavy atom. The molecular weight excluding hydrogens is 178 g/mol. The highest BCUT2D eigenvalue weighted by atomic mass is 16.5. The fraction of sp³-hybridized carbons (Fsp3) is 0.909. The van der Waals surface area contributed by atoms with Gasteiger partial charge in [0.15, 0.2) is 0 Å². The van der Waals surface area contributed by atoms with Crippen molar-refractivity contribution < 1.29 is 9.53 Å². The van der Waals surface area contributed by atoms with Crippen molar-refractivity contribution in [1.82, 2.24) is 4.90 Å². The Morgan fingerprint density at radius 2 is 2.14 bits per heavy atom. The summed E-state index contributed by atoms with van der Waals surface area (Å²) in [5.41, 5.74) is 0. The van der Waals surface area contributed by atoms with Gasteiger partial charge in [-0.25, -0.2) is 0 Å². The van der Waals surface area contributed by atoms with Crippen molar-refractivity contribution in [2.45, 2.75) is 39.7 Å². The van der Waals surface area contributed by atoms with Crippen LogP contribution < -0.4 is 0 Å². The van der Waals surface area contributed by atoms with Crippen LogP contribution in [0.25, 0.3) is 0 Å². The summed E-state index contributed by atoms with van der Waals surface area (Å²) in [6.07, 6.45) is 2.02. The van der Waals surface area contributed by atoms with Crippen LogP contribution in [0, 0.1) is 0 Å². The third kappa shape index (κ3) is 6.11. The largest absolute Gasteiger partial charge is 0.376 e. The molecule has 1 rings (SSSR count). The highest BCUT2D eigenvalue weighted by molar-refractivity contribution is 5.75. The Hall–Kier alpha value is -0.410. The van der Waals surface area contributed by atoms with E-state index < -0.39 is 0 Å². The van der Waals surface area contributed by atoms with E-state index in [4.69, 9.17) is 4.74 Å². The Kier molecular flexibility index (Phi) is 7.71. The van der Waals surface area contributed by atoms with Crippen LogP contribution >= 0.6 is 0 Å². The van der Waals surface area contributed by atoms with Crippen molar-refractivity contribution in [1.29, 1.82) is 0 Å². The zero-order chi connectivity index (χ0) is 11.0. The van der Waals surface area contributed by atoms with Crippen molar-refractivity contribution in [3.05, 3.63) is 0 Å². The molecule has 0 aliphatic carbocycles. The predicted molar refractivity (Wildman–Crippen MR) is 58.5 cm³/mol. The molecule has 14 heavy (non-hydrogen) atoms. The SMILES string of the molecule is CC.CC(=O)CCOC1CCN(C)C1. The minimum absolute atomic E-state index is 0.210. The maximum absolute atomic E-state index is 10.6. The quantitative estimate of drug-likeness (QED) is 0.693. The summed E-state index contributed by atoms with van der Waals surface area (Å²) in [5, 5.41) is 0. The molecule has 0 saturated carbocycles. The number of carbonyl (C=O) groups excluding carboxylic acids is 1. The van der Waals surface area contributed by atoms with Crippen LogP contribution in [0.4, 0.5) is 0 Å². The van der Waals surface area contributed by atoms with Gasteiger partial charge in [-0.2, -0.15) is 0 Å². The molecule has 0 radical (unpaired) electrons. The first kappa shape index (κ1) is 13.6. The van der Waals surface area contributed by atoms with Gasteiger partial charge in [0.25, 0.3) is 0 Å². The fourth-order valence-electron chi connectivity index (χ4n) is 1.40. The molecule has 0 amide bonds. The van der Waals surface area contributed by atoms with Crippen LogP contribution in [0.5, 0.6) is 0 Å². The van der Waals surface area contributed by atoms with Crippen LogP contribution in [0.15, 0.2) is 0 Å². The van der Waals surface area contributed by atoms with E-state index in [-0.39, 0.29) is 5.78 Å². The second-order valence-electron chi connectivity index (χ2n) is 3.50. The number of carbonyl (C=O) groups is 1. The van der Waals surface area contributed by atoms with Gasteiger partial charge in [0.1, 0.15) is 5.78 Å². The van der Waals surface area contributed by atoms with Gasteiger partial charge in [-0.05, 0) is 20.4 Å². The zero-order valence-corrected chi connectivity index (χ0v) is 9.88.